The highest BCUT2D eigenvalue weighted by Gasteiger charge is 2.29. The lowest BCUT2D eigenvalue weighted by Crippen LogP contribution is -2.48. The van der Waals surface area contributed by atoms with Crippen molar-refractivity contribution in [3.8, 4) is 0 Å². The van der Waals surface area contributed by atoms with Crippen molar-refractivity contribution in [3.63, 3.8) is 0 Å². The number of aryl methyl sites for hydroxylation is 1. The van der Waals surface area contributed by atoms with Gasteiger partial charge in [-0.2, -0.15) is 4.31 Å². The molecular formula is C22H24N4O4S2. The predicted molar refractivity (Wildman–Crippen MR) is 126 cm³/mol. The number of carbonyl (C=O) groups is 1. The van der Waals surface area contributed by atoms with Crippen molar-refractivity contribution in [1.29, 1.82) is 0 Å². The van der Waals surface area contributed by atoms with Crippen molar-refractivity contribution in [2.45, 2.75) is 18.1 Å². The summed E-state index contributed by atoms with van der Waals surface area (Å²) in [5, 5.41) is 6.57. The Bertz CT molecular complexity index is 1220. The van der Waals surface area contributed by atoms with E-state index in [1.807, 2.05) is 30.3 Å². The Kier molecular flexibility index (Phi) is 6.45. The Morgan fingerprint density at radius 3 is 2.50 bits per heavy atom. The van der Waals surface area contributed by atoms with Gasteiger partial charge in [-0.15, -0.1) is 11.3 Å². The molecule has 0 radical (unpaired) electrons. The van der Waals surface area contributed by atoms with Crippen LogP contribution in [-0.4, -0.2) is 50.0 Å². The number of thiophene rings is 1. The van der Waals surface area contributed by atoms with Crippen LogP contribution in [0.15, 0.2) is 51.2 Å². The molecule has 0 spiro atoms. The number of anilines is 2. The van der Waals surface area contributed by atoms with Crippen LogP contribution in [0.25, 0.3) is 12.2 Å². The molecule has 0 bridgehead atoms. The molecule has 3 aromatic rings. The number of rotatable bonds is 6. The van der Waals surface area contributed by atoms with Crippen molar-refractivity contribution in [2.75, 3.05) is 36.4 Å². The first kappa shape index (κ1) is 22.3. The van der Waals surface area contributed by atoms with Gasteiger partial charge in [-0.05, 0) is 43.3 Å². The summed E-state index contributed by atoms with van der Waals surface area (Å²) in [4.78, 5) is 14.3. The fraction of sp³-hybridized carbons (Fsp3) is 0.273. The number of aromatic nitrogens is 1. The highest BCUT2D eigenvalue weighted by Crippen LogP contribution is 2.29. The smallest absolute Gasteiger partial charge is 0.252 e. The molecule has 1 aliphatic rings. The summed E-state index contributed by atoms with van der Waals surface area (Å²) in [6.45, 7) is 5.33. The lowest BCUT2D eigenvalue weighted by molar-refractivity contribution is -0.114. The molecule has 0 aliphatic carbocycles. The Morgan fingerprint density at radius 1 is 1.09 bits per heavy atom. The van der Waals surface area contributed by atoms with Crippen molar-refractivity contribution >= 4 is 50.8 Å². The molecule has 168 valence electrons. The summed E-state index contributed by atoms with van der Waals surface area (Å²) in [5.74, 6) is 0.190. The topological polar surface area (TPSA) is 95.8 Å². The van der Waals surface area contributed by atoms with Crippen LogP contribution in [0.4, 0.5) is 11.4 Å². The zero-order valence-corrected chi connectivity index (χ0v) is 19.4. The van der Waals surface area contributed by atoms with E-state index in [0.29, 0.717) is 47.5 Å². The molecule has 1 amide bonds. The van der Waals surface area contributed by atoms with E-state index in [4.69, 9.17) is 4.52 Å². The summed E-state index contributed by atoms with van der Waals surface area (Å²) >= 11 is 1.20. The molecule has 0 saturated carbocycles. The number of carbonyl (C=O) groups excluding carboxylic acids is 1. The zero-order chi connectivity index (χ0) is 22.7. The number of nitrogens with zero attached hydrogens (tertiary/aromatic N) is 3. The Morgan fingerprint density at radius 2 is 1.81 bits per heavy atom. The number of hydrogen-bond acceptors (Lipinski definition) is 7. The van der Waals surface area contributed by atoms with Gasteiger partial charge in [-0.1, -0.05) is 23.4 Å². The average molecular weight is 473 g/mol. The molecule has 0 atom stereocenters. The molecule has 4 rings (SSSR count). The lowest BCUT2D eigenvalue weighted by atomic mass is 10.2. The molecule has 32 heavy (non-hydrogen) atoms. The van der Waals surface area contributed by atoms with Gasteiger partial charge in [0.25, 0.3) is 10.0 Å². The number of nitrogens with one attached hydrogen (secondary N) is 1. The first-order chi connectivity index (χ1) is 15.3. The number of piperazine rings is 1. The second-order valence-electron chi connectivity index (χ2n) is 7.41. The van der Waals surface area contributed by atoms with Crippen molar-refractivity contribution in [2.24, 2.45) is 0 Å². The minimum atomic E-state index is -3.55. The monoisotopic (exact) mass is 472 g/mol. The van der Waals surface area contributed by atoms with Crippen molar-refractivity contribution in [3.05, 3.63) is 58.8 Å². The third kappa shape index (κ3) is 4.77. The molecule has 0 unspecified atom stereocenters. The number of amides is 1. The fourth-order valence-corrected chi connectivity index (χ4v) is 6.31. The van der Waals surface area contributed by atoms with Crippen LogP contribution < -0.4 is 10.2 Å². The van der Waals surface area contributed by atoms with Crippen LogP contribution in [-0.2, 0) is 14.8 Å². The van der Waals surface area contributed by atoms with Gasteiger partial charge in [0.2, 0.25) is 5.91 Å². The van der Waals surface area contributed by atoms with Crippen LogP contribution in [0, 0.1) is 6.92 Å². The van der Waals surface area contributed by atoms with Gasteiger partial charge in [-0.3, -0.25) is 4.79 Å². The van der Waals surface area contributed by atoms with Gasteiger partial charge in [0.1, 0.15) is 15.6 Å². The molecular weight excluding hydrogens is 448 g/mol. The number of hydrogen-bond donors (Lipinski definition) is 1. The molecule has 1 aliphatic heterocycles. The van der Waals surface area contributed by atoms with Gasteiger partial charge in [-0.25, -0.2) is 8.42 Å². The van der Waals surface area contributed by atoms with E-state index in [-0.39, 0.29) is 5.91 Å². The molecule has 10 heteroatoms. The van der Waals surface area contributed by atoms with Crippen molar-refractivity contribution < 1.29 is 17.7 Å². The van der Waals surface area contributed by atoms with Gasteiger partial charge in [0.05, 0.1) is 0 Å². The van der Waals surface area contributed by atoms with Crippen LogP contribution >= 0.6 is 11.3 Å². The fourth-order valence-electron chi connectivity index (χ4n) is 3.50. The predicted octanol–water partition coefficient (Wildman–Crippen LogP) is 3.68. The summed E-state index contributed by atoms with van der Waals surface area (Å²) in [7, 11) is -3.55. The standard InChI is InChI=1S/C22H24N4O4S2/c1-16-22(23-17(2)27)20(30-24-16)10-8-19-9-11-21(31-19)32(28,29)26-14-12-25(13-15-26)18-6-4-3-5-7-18/h3-11H,12-15H2,1-2H3,(H,23,27)/b10-8+. The van der Waals surface area contributed by atoms with Gasteiger partial charge < -0.3 is 14.7 Å². The van der Waals surface area contributed by atoms with E-state index in [2.05, 4.69) is 15.4 Å². The number of sulfonamides is 1. The van der Waals surface area contributed by atoms with Crippen LogP contribution in [0.3, 0.4) is 0 Å². The molecule has 1 N–H and O–H groups in total. The molecule has 1 aromatic carbocycles. The van der Waals surface area contributed by atoms with E-state index in [1.54, 1.807) is 35.5 Å². The van der Waals surface area contributed by atoms with E-state index in [9.17, 15) is 13.2 Å². The van der Waals surface area contributed by atoms with Gasteiger partial charge in [0, 0.05) is 43.7 Å². The minimum absolute atomic E-state index is 0.220. The molecule has 1 fully saturated rings. The molecule has 8 nitrogen and oxygen atoms in total. The lowest BCUT2D eigenvalue weighted by Gasteiger charge is -2.35. The maximum absolute atomic E-state index is 13.1. The minimum Gasteiger partial charge on any atom is -0.369 e. The zero-order valence-electron chi connectivity index (χ0n) is 17.8. The quantitative estimate of drug-likeness (QED) is 0.588. The van der Waals surface area contributed by atoms with Crippen LogP contribution in [0.2, 0.25) is 0 Å². The van der Waals surface area contributed by atoms with Crippen LogP contribution in [0.5, 0.6) is 0 Å². The normalized spacial score (nSPS) is 15.4. The highest BCUT2D eigenvalue weighted by molar-refractivity contribution is 7.91. The highest BCUT2D eigenvalue weighted by atomic mass is 32.2. The largest absolute Gasteiger partial charge is 0.369 e. The number of para-hydroxylation sites is 1. The Labute approximate surface area is 191 Å². The third-order valence-electron chi connectivity index (χ3n) is 5.15. The summed E-state index contributed by atoms with van der Waals surface area (Å²) in [5.41, 5.74) is 2.19. The second kappa shape index (κ2) is 9.27. The van der Waals surface area contributed by atoms with E-state index < -0.39 is 10.0 Å². The maximum atomic E-state index is 13.1. The van der Waals surface area contributed by atoms with Crippen LogP contribution in [0.1, 0.15) is 23.3 Å². The molecule has 2 aromatic heterocycles. The summed E-state index contributed by atoms with van der Waals surface area (Å²) < 4.78 is 33.3. The molecule has 3 heterocycles. The van der Waals surface area contributed by atoms with Gasteiger partial charge in [0.15, 0.2) is 5.76 Å². The van der Waals surface area contributed by atoms with E-state index >= 15 is 0 Å². The average Bonchev–Trinajstić information content (AvgIpc) is 3.40. The third-order valence-corrected chi connectivity index (χ3v) is 8.56. The first-order valence-electron chi connectivity index (χ1n) is 10.2. The van der Waals surface area contributed by atoms with Crippen molar-refractivity contribution in [1.82, 2.24) is 9.46 Å². The first-order valence-corrected chi connectivity index (χ1v) is 12.4. The maximum Gasteiger partial charge on any atom is 0.252 e. The number of benzene rings is 1. The summed E-state index contributed by atoms with van der Waals surface area (Å²) in [6.07, 6.45) is 3.43. The van der Waals surface area contributed by atoms with E-state index in [1.165, 1.54) is 18.3 Å². The summed E-state index contributed by atoms with van der Waals surface area (Å²) in [6, 6.07) is 13.4. The Hall–Kier alpha value is -2.95. The molecule has 1 saturated heterocycles. The SMILES string of the molecule is CC(=O)Nc1c(C)noc1/C=C/c1ccc(S(=O)(=O)N2CCN(c3ccccc3)CC2)s1. The van der Waals surface area contributed by atoms with Gasteiger partial charge >= 0.3 is 0 Å². The Balaban J connectivity index is 1.44. The van der Waals surface area contributed by atoms with E-state index in [0.717, 1.165) is 10.6 Å². The second-order valence-corrected chi connectivity index (χ2v) is 10.7.